The van der Waals surface area contributed by atoms with Crippen LogP contribution in [0.25, 0.3) is 5.69 Å². The molecule has 1 aromatic heterocycles. The Labute approximate surface area is 157 Å². The first-order valence-corrected chi connectivity index (χ1v) is 9.36. The molecule has 0 aliphatic heterocycles. The largest absolute Gasteiger partial charge is 0.349 e. The van der Waals surface area contributed by atoms with Crippen LogP contribution in [0.15, 0.2) is 53.7 Å². The fourth-order valence-corrected chi connectivity index (χ4v) is 3.40. The highest BCUT2D eigenvalue weighted by atomic mass is 32.2. The van der Waals surface area contributed by atoms with Crippen LogP contribution in [0.2, 0.25) is 0 Å². The Morgan fingerprint density at radius 3 is 2.69 bits per heavy atom. The molecule has 1 atom stereocenters. The zero-order valence-corrected chi connectivity index (χ0v) is 15.8. The number of hydrogen-bond acceptors (Lipinski definition) is 5. The fourth-order valence-electron chi connectivity index (χ4n) is 2.70. The molecule has 0 fully saturated rings. The van der Waals surface area contributed by atoms with Crippen LogP contribution in [0, 0.1) is 13.8 Å². The van der Waals surface area contributed by atoms with Crippen LogP contribution < -0.4 is 5.32 Å². The average Bonchev–Trinajstić information content (AvgIpc) is 3.09. The monoisotopic (exact) mass is 367 g/mol. The summed E-state index contributed by atoms with van der Waals surface area (Å²) in [5.74, 6) is 0.198. The Hall–Kier alpha value is -2.67. The maximum Gasteiger partial charge on any atom is 0.230 e. The van der Waals surface area contributed by atoms with Gasteiger partial charge in [-0.1, -0.05) is 59.8 Å². The first-order chi connectivity index (χ1) is 12.5. The highest BCUT2D eigenvalue weighted by Gasteiger charge is 2.14. The maximum atomic E-state index is 12.3. The number of nitrogens with one attached hydrogen (secondary N) is 1. The quantitative estimate of drug-likeness (QED) is 0.677. The smallest absolute Gasteiger partial charge is 0.230 e. The molecule has 0 aliphatic rings. The van der Waals surface area contributed by atoms with E-state index in [9.17, 15) is 4.79 Å². The number of hydrogen-bond donors (Lipinski definition) is 1. The van der Waals surface area contributed by atoms with Gasteiger partial charge in [0.15, 0.2) is 0 Å². The number of thioether (sulfide) groups is 1. The van der Waals surface area contributed by atoms with Crippen molar-refractivity contribution in [3.8, 4) is 5.69 Å². The molecule has 0 unspecified atom stereocenters. The lowest BCUT2D eigenvalue weighted by atomic mass is 10.1. The minimum Gasteiger partial charge on any atom is -0.349 e. The van der Waals surface area contributed by atoms with Gasteiger partial charge in [-0.3, -0.25) is 4.79 Å². The van der Waals surface area contributed by atoms with Crippen LogP contribution in [0.3, 0.4) is 0 Å². The van der Waals surface area contributed by atoms with Gasteiger partial charge in [-0.15, -0.1) is 5.10 Å². The number of aryl methyl sites for hydroxylation is 2. The lowest BCUT2D eigenvalue weighted by Crippen LogP contribution is -2.28. The van der Waals surface area contributed by atoms with Gasteiger partial charge in [-0.2, -0.15) is 4.68 Å². The topological polar surface area (TPSA) is 72.7 Å². The Balaban J connectivity index is 1.64. The number of nitrogens with zero attached hydrogens (tertiary/aromatic N) is 4. The first-order valence-electron chi connectivity index (χ1n) is 8.37. The van der Waals surface area contributed by atoms with Crippen LogP contribution in [-0.2, 0) is 4.79 Å². The molecule has 1 heterocycles. The Morgan fingerprint density at radius 2 is 1.96 bits per heavy atom. The van der Waals surface area contributed by atoms with Gasteiger partial charge in [0.05, 0.1) is 17.5 Å². The summed E-state index contributed by atoms with van der Waals surface area (Å²) < 4.78 is 1.67. The predicted molar refractivity (Wildman–Crippen MR) is 102 cm³/mol. The van der Waals surface area contributed by atoms with E-state index in [0.717, 1.165) is 16.8 Å². The van der Waals surface area contributed by atoms with Gasteiger partial charge in [-0.25, -0.2) is 0 Å². The first kappa shape index (κ1) is 18.1. The molecule has 1 amide bonds. The van der Waals surface area contributed by atoms with Crippen LogP contribution in [0.5, 0.6) is 0 Å². The number of rotatable bonds is 6. The molecule has 0 saturated heterocycles. The molecule has 0 bridgehead atoms. The molecule has 3 aromatic rings. The van der Waals surface area contributed by atoms with E-state index in [1.165, 1.54) is 17.3 Å². The lowest BCUT2D eigenvalue weighted by molar-refractivity contribution is -0.119. The zero-order chi connectivity index (χ0) is 18.5. The molecular weight excluding hydrogens is 346 g/mol. The van der Waals surface area contributed by atoms with Gasteiger partial charge in [0, 0.05) is 0 Å². The summed E-state index contributed by atoms with van der Waals surface area (Å²) in [6.07, 6.45) is 0. The predicted octanol–water partition coefficient (Wildman–Crippen LogP) is 3.25. The fraction of sp³-hybridized carbons (Fsp3) is 0.263. The van der Waals surface area contributed by atoms with E-state index in [1.54, 1.807) is 4.68 Å². The van der Waals surface area contributed by atoms with Crippen LogP contribution in [-0.4, -0.2) is 31.9 Å². The van der Waals surface area contributed by atoms with Gasteiger partial charge in [-0.05, 0) is 48.4 Å². The average molecular weight is 367 g/mol. The van der Waals surface area contributed by atoms with Crippen molar-refractivity contribution in [1.82, 2.24) is 25.5 Å². The second-order valence-corrected chi connectivity index (χ2v) is 7.09. The molecule has 0 saturated carbocycles. The SMILES string of the molecule is Cc1ccc(-n2nnnc2SCC(=O)N[C@H](C)c2ccccc2)c(C)c1. The van der Waals surface area contributed by atoms with E-state index >= 15 is 0 Å². The second kappa shape index (κ2) is 8.14. The summed E-state index contributed by atoms with van der Waals surface area (Å²) in [6.45, 7) is 6.04. The number of carbonyl (C=O) groups excluding carboxylic acids is 1. The minimum atomic E-state index is -0.0541. The Kier molecular flexibility index (Phi) is 5.68. The lowest BCUT2D eigenvalue weighted by Gasteiger charge is -2.14. The van der Waals surface area contributed by atoms with E-state index in [1.807, 2.05) is 63.2 Å². The number of aromatic nitrogens is 4. The van der Waals surface area contributed by atoms with Crippen molar-refractivity contribution in [3.63, 3.8) is 0 Å². The van der Waals surface area contributed by atoms with Crippen molar-refractivity contribution in [3.05, 3.63) is 65.2 Å². The number of benzene rings is 2. The number of amides is 1. The molecule has 26 heavy (non-hydrogen) atoms. The van der Waals surface area contributed by atoms with Crippen molar-refractivity contribution in [2.45, 2.75) is 32.0 Å². The Morgan fingerprint density at radius 1 is 1.19 bits per heavy atom. The number of tetrazole rings is 1. The summed E-state index contributed by atoms with van der Waals surface area (Å²) >= 11 is 1.32. The van der Waals surface area contributed by atoms with E-state index in [2.05, 4.69) is 26.9 Å². The molecular formula is C19H21N5OS. The van der Waals surface area contributed by atoms with Crippen LogP contribution in [0.1, 0.15) is 29.7 Å². The summed E-state index contributed by atoms with van der Waals surface area (Å²) in [7, 11) is 0. The van der Waals surface area contributed by atoms with Gasteiger partial charge >= 0.3 is 0 Å². The molecule has 3 rings (SSSR count). The van der Waals surface area contributed by atoms with E-state index in [4.69, 9.17) is 0 Å². The van der Waals surface area contributed by atoms with Gasteiger partial charge in [0.1, 0.15) is 0 Å². The standard InChI is InChI=1S/C19H21N5OS/c1-13-9-10-17(14(2)11-13)24-19(21-22-23-24)26-12-18(25)20-15(3)16-7-5-4-6-8-16/h4-11,15H,12H2,1-3H3,(H,20,25)/t15-/m1/s1. The molecule has 1 N–H and O–H groups in total. The zero-order valence-electron chi connectivity index (χ0n) is 15.0. The van der Waals surface area contributed by atoms with Crippen LogP contribution >= 0.6 is 11.8 Å². The molecule has 0 radical (unpaired) electrons. The molecule has 6 nitrogen and oxygen atoms in total. The summed E-state index contributed by atoms with van der Waals surface area (Å²) in [5.41, 5.74) is 4.26. The third-order valence-corrected chi connectivity index (χ3v) is 4.95. The van der Waals surface area contributed by atoms with Crippen molar-refractivity contribution < 1.29 is 4.79 Å². The molecule has 0 spiro atoms. The molecule has 0 aliphatic carbocycles. The molecule has 134 valence electrons. The second-order valence-electron chi connectivity index (χ2n) is 6.15. The minimum absolute atomic E-state index is 0.0420. The van der Waals surface area contributed by atoms with Crippen molar-refractivity contribution in [2.24, 2.45) is 0 Å². The summed E-state index contributed by atoms with van der Waals surface area (Å²) in [4.78, 5) is 12.3. The highest BCUT2D eigenvalue weighted by molar-refractivity contribution is 7.99. The third-order valence-electron chi connectivity index (χ3n) is 4.03. The molecule has 7 heteroatoms. The van der Waals surface area contributed by atoms with Crippen molar-refractivity contribution in [2.75, 3.05) is 5.75 Å². The van der Waals surface area contributed by atoms with E-state index < -0.39 is 0 Å². The molecule has 2 aromatic carbocycles. The number of carbonyl (C=O) groups is 1. The van der Waals surface area contributed by atoms with E-state index in [-0.39, 0.29) is 17.7 Å². The van der Waals surface area contributed by atoms with E-state index in [0.29, 0.717) is 5.16 Å². The van der Waals surface area contributed by atoms with Crippen molar-refractivity contribution in [1.29, 1.82) is 0 Å². The summed E-state index contributed by atoms with van der Waals surface area (Å²) in [6, 6.07) is 15.9. The van der Waals surface area contributed by atoms with Crippen molar-refractivity contribution >= 4 is 17.7 Å². The Bertz CT molecular complexity index is 894. The van der Waals surface area contributed by atoms with Crippen LogP contribution in [0.4, 0.5) is 0 Å². The van der Waals surface area contributed by atoms with Gasteiger partial charge < -0.3 is 5.32 Å². The maximum absolute atomic E-state index is 12.3. The third kappa shape index (κ3) is 4.29. The highest BCUT2D eigenvalue weighted by Crippen LogP contribution is 2.21. The van der Waals surface area contributed by atoms with Gasteiger partial charge in [0.25, 0.3) is 0 Å². The normalized spacial score (nSPS) is 12.0. The summed E-state index contributed by atoms with van der Waals surface area (Å²) in [5, 5.41) is 15.5. The van der Waals surface area contributed by atoms with Gasteiger partial charge in [0.2, 0.25) is 11.1 Å².